The molecule has 2 aromatic carbocycles. The van der Waals surface area contributed by atoms with Crippen molar-refractivity contribution in [2.45, 2.75) is 6.92 Å². The number of anilines is 1. The third-order valence-corrected chi connectivity index (χ3v) is 5.37. The quantitative estimate of drug-likeness (QED) is 0.373. The summed E-state index contributed by atoms with van der Waals surface area (Å²) < 4.78 is 6.37. The lowest BCUT2D eigenvalue weighted by Crippen LogP contribution is -2.27. The minimum absolute atomic E-state index is 0.177. The molecule has 26 heavy (non-hydrogen) atoms. The molecule has 0 spiro atoms. The molecule has 7 heteroatoms. The Kier molecular flexibility index (Phi) is 5.90. The van der Waals surface area contributed by atoms with Crippen LogP contribution >= 0.6 is 39.9 Å². The van der Waals surface area contributed by atoms with Crippen molar-refractivity contribution < 1.29 is 14.3 Å². The van der Waals surface area contributed by atoms with Gasteiger partial charge in [0, 0.05) is 4.47 Å². The maximum atomic E-state index is 12.8. The van der Waals surface area contributed by atoms with Gasteiger partial charge in [0.2, 0.25) is 0 Å². The second kappa shape index (κ2) is 8.16. The molecule has 4 nitrogen and oxygen atoms in total. The second-order valence-corrected chi connectivity index (χ2v) is 7.93. The highest BCUT2D eigenvalue weighted by Gasteiger charge is 2.33. The van der Waals surface area contributed by atoms with Crippen LogP contribution in [0.15, 0.2) is 57.9 Å². The van der Waals surface area contributed by atoms with Crippen LogP contribution < -0.4 is 4.90 Å². The van der Waals surface area contributed by atoms with E-state index in [1.165, 1.54) is 16.7 Å². The molecule has 0 aliphatic carbocycles. The minimum atomic E-state index is -0.390. The number of ether oxygens (including phenoxy) is 1. The molecule has 1 amide bonds. The summed E-state index contributed by atoms with van der Waals surface area (Å²) in [7, 11) is 0. The van der Waals surface area contributed by atoms with E-state index < -0.39 is 0 Å². The van der Waals surface area contributed by atoms with Gasteiger partial charge in [0.05, 0.1) is 22.8 Å². The zero-order valence-electron chi connectivity index (χ0n) is 13.8. The Bertz CT molecular complexity index is 909. The van der Waals surface area contributed by atoms with Gasteiger partial charge >= 0.3 is 5.97 Å². The Labute approximate surface area is 169 Å². The number of benzene rings is 2. The third kappa shape index (κ3) is 4.06. The summed E-state index contributed by atoms with van der Waals surface area (Å²) in [5, 5.41) is 0. The van der Waals surface area contributed by atoms with E-state index in [2.05, 4.69) is 15.9 Å². The maximum absolute atomic E-state index is 12.8. The number of carbonyl (C=O) groups excluding carboxylic acids is 2. The number of carbonyl (C=O) groups is 2. The van der Waals surface area contributed by atoms with E-state index in [4.69, 9.17) is 17.0 Å². The normalized spacial score (nSPS) is 15.6. The second-order valence-electron chi connectivity index (χ2n) is 5.34. The molecule has 1 fully saturated rings. The van der Waals surface area contributed by atoms with Crippen LogP contribution in [0.5, 0.6) is 0 Å². The lowest BCUT2D eigenvalue weighted by Gasteiger charge is -2.14. The molecule has 0 saturated carbocycles. The molecule has 1 saturated heterocycles. The fourth-order valence-corrected chi connectivity index (χ4v) is 4.12. The number of hydrogen-bond donors (Lipinski definition) is 0. The van der Waals surface area contributed by atoms with E-state index >= 15 is 0 Å². The minimum Gasteiger partial charge on any atom is -0.462 e. The van der Waals surface area contributed by atoms with Crippen LogP contribution in [-0.2, 0) is 9.53 Å². The van der Waals surface area contributed by atoms with Crippen LogP contribution in [-0.4, -0.2) is 22.8 Å². The van der Waals surface area contributed by atoms with Crippen LogP contribution in [0.3, 0.4) is 0 Å². The number of nitrogens with zero attached hydrogens (tertiary/aromatic N) is 1. The number of amides is 1. The molecule has 0 radical (unpaired) electrons. The van der Waals surface area contributed by atoms with E-state index in [9.17, 15) is 9.59 Å². The van der Waals surface area contributed by atoms with Crippen LogP contribution in [0.1, 0.15) is 22.8 Å². The highest BCUT2D eigenvalue weighted by atomic mass is 79.9. The Hall–Kier alpha value is -1.96. The molecule has 1 aliphatic heterocycles. The zero-order valence-corrected chi connectivity index (χ0v) is 17.0. The van der Waals surface area contributed by atoms with E-state index in [1.807, 2.05) is 30.3 Å². The zero-order chi connectivity index (χ0) is 18.7. The van der Waals surface area contributed by atoms with Gasteiger partial charge < -0.3 is 4.74 Å². The number of hydrogen-bond acceptors (Lipinski definition) is 5. The predicted molar refractivity (Wildman–Crippen MR) is 112 cm³/mol. The lowest BCUT2D eigenvalue weighted by molar-refractivity contribution is -0.113. The first-order chi connectivity index (χ1) is 12.5. The van der Waals surface area contributed by atoms with Gasteiger partial charge in [0.15, 0.2) is 4.32 Å². The Morgan fingerprint density at radius 1 is 1.27 bits per heavy atom. The highest BCUT2D eigenvalue weighted by molar-refractivity contribution is 9.10. The summed E-state index contributed by atoms with van der Waals surface area (Å²) in [5.74, 6) is -0.567. The van der Waals surface area contributed by atoms with Gasteiger partial charge in [0.1, 0.15) is 0 Å². The summed E-state index contributed by atoms with van der Waals surface area (Å²) in [5.41, 5.74) is 1.97. The van der Waals surface area contributed by atoms with Crippen molar-refractivity contribution in [2.24, 2.45) is 0 Å². The number of thiocarbonyl (C=S) groups is 1. The van der Waals surface area contributed by atoms with Gasteiger partial charge in [0.25, 0.3) is 5.91 Å². The smallest absolute Gasteiger partial charge is 0.338 e. The van der Waals surface area contributed by atoms with Crippen molar-refractivity contribution in [2.75, 3.05) is 11.5 Å². The largest absolute Gasteiger partial charge is 0.462 e. The lowest BCUT2D eigenvalue weighted by atomic mass is 10.2. The van der Waals surface area contributed by atoms with Gasteiger partial charge in [-0.1, -0.05) is 52.0 Å². The van der Waals surface area contributed by atoms with Gasteiger partial charge in [-0.25, -0.2) is 4.79 Å². The molecule has 0 aromatic heterocycles. The van der Waals surface area contributed by atoms with Crippen LogP contribution in [0, 0.1) is 0 Å². The van der Waals surface area contributed by atoms with Crippen molar-refractivity contribution in [1.82, 2.24) is 0 Å². The van der Waals surface area contributed by atoms with E-state index in [-0.39, 0.29) is 11.9 Å². The summed E-state index contributed by atoms with van der Waals surface area (Å²) in [4.78, 5) is 26.5. The number of halogens is 1. The number of rotatable bonds is 4. The molecule has 1 heterocycles. The van der Waals surface area contributed by atoms with E-state index in [1.54, 1.807) is 31.2 Å². The maximum Gasteiger partial charge on any atom is 0.338 e. The predicted octanol–water partition coefficient (Wildman–Crippen LogP) is 5.03. The summed E-state index contributed by atoms with van der Waals surface area (Å²) in [6.07, 6.45) is 1.82. The Morgan fingerprint density at radius 3 is 2.65 bits per heavy atom. The first-order valence-corrected chi connectivity index (χ1v) is 9.82. The molecule has 132 valence electrons. The molecule has 0 bridgehead atoms. The summed E-state index contributed by atoms with van der Waals surface area (Å²) in [6.45, 7) is 2.07. The monoisotopic (exact) mass is 447 g/mol. The molecule has 0 atom stereocenters. The van der Waals surface area contributed by atoms with Crippen molar-refractivity contribution in [3.8, 4) is 0 Å². The van der Waals surface area contributed by atoms with Gasteiger partial charge in [-0.15, -0.1) is 0 Å². The van der Waals surface area contributed by atoms with Crippen LogP contribution in [0.2, 0.25) is 0 Å². The third-order valence-electron chi connectivity index (χ3n) is 3.58. The first kappa shape index (κ1) is 18.8. The van der Waals surface area contributed by atoms with E-state index in [0.29, 0.717) is 27.1 Å². The first-order valence-electron chi connectivity index (χ1n) is 7.80. The molecule has 3 rings (SSSR count). The van der Waals surface area contributed by atoms with Gasteiger partial charge in [-0.05, 0) is 55.0 Å². The van der Waals surface area contributed by atoms with Crippen molar-refractivity contribution >= 4 is 67.9 Å². The van der Waals surface area contributed by atoms with Crippen LogP contribution in [0.25, 0.3) is 6.08 Å². The topological polar surface area (TPSA) is 46.6 Å². The van der Waals surface area contributed by atoms with Crippen molar-refractivity contribution in [1.29, 1.82) is 0 Å². The average Bonchev–Trinajstić information content (AvgIpc) is 2.89. The van der Waals surface area contributed by atoms with Gasteiger partial charge in [-0.2, -0.15) is 0 Å². The molecule has 0 N–H and O–H groups in total. The van der Waals surface area contributed by atoms with Gasteiger partial charge in [-0.3, -0.25) is 9.69 Å². The summed E-state index contributed by atoms with van der Waals surface area (Å²) >= 11 is 10.1. The molecular weight excluding hydrogens is 434 g/mol. The molecule has 0 unspecified atom stereocenters. The van der Waals surface area contributed by atoms with Crippen LogP contribution in [0.4, 0.5) is 5.69 Å². The SMILES string of the molecule is CCOC(=O)c1ccc(N2C(=O)/C(=C/c3cccc(Br)c3)SC2=S)cc1. The Balaban J connectivity index is 1.84. The average molecular weight is 448 g/mol. The number of thioether (sulfide) groups is 1. The molecular formula is C19H14BrNO3S2. The molecule has 1 aliphatic rings. The Morgan fingerprint density at radius 2 is 2.00 bits per heavy atom. The number of esters is 1. The summed E-state index contributed by atoms with van der Waals surface area (Å²) in [6, 6.07) is 14.3. The highest BCUT2D eigenvalue weighted by Crippen LogP contribution is 2.36. The molecule has 2 aromatic rings. The fourth-order valence-electron chi connectivity index (χ4n) is 2.40. The standard InChI is InChI=1S/C19H14BrNO3S2/c1-2-24-18(23)13-6-8-15(9-7-13)21-17(22)16(26-19(21)25)11-12-4-3-5-14(20)10-12/h3-11H,2H2,1H3/b16-11-. The fraction of sp³-hybridized carbons (Fsp3) is 0.105. The van der Waals surface area contributed by atoms with Crippen molar-refractivity contribution in [3.63, 3.8) is 0 Å². The van der Waals surface area contributed by atoms with Crippen molar-refractivity contribution in [3.05, 3.63) is 69.0 Å². The van der Waals surface area contributed by atoms with E-state index in [0.717, 1.165) is 10.0 Å².